The van der Waals surface area contributed by atoms with E-state index in [1.54, 1.807) is 0 Å². The molecule has 0 aliphatic heterocycles. The second kappa shape index (κ2) is 21.5. The zero-order valence-electron chi connectivity index (χ0n) is 30.4. The number of hydrogen-bond donors (Lipinski definition) is 2. The largest absolute Gasteiger partial charge is 0.399 e. The summed E-state index contributed by atoms with van der Waals surface area (Å²) in [7, 11) is 0. The summed E-state index contributed by atoms with van der Waals surface area (Å²) in [6.07, 6.45) is 25.5. The van der Waals surface area contributed by atoms with Crippen LogP contribution in [0.3, 0.4) is 0 Å². The van der Waals surface area contributed by atoms with Gasteiger partial charge in [0.05, 0.1) is 0 Å². The Labute approximate surface area is 293 Å². The summed E-state index contributed by atoms with van der Waals surface area (Å²) in [6, 6.07) is 31.5. The highest BCUT2D eigenvalue weighted by Crippen LogP contribution is 2.22. The number of hydrogen-bond acceptors (Lipinski definition) is 2. The first-order chi connectivity index (χ1) is 23.5. The van der Waals surface area contributed by atoms with Crippen LogP contribution in [0.25, 0.3) is 0 Å². The number of anilines is 2. The lowest BCUT2D eigenvalue weighted by Crippen LogP contribution is -1.98. The van der Waals surface area contributed by atoms with E-state index in [0.29, 0.717) is 0 Å². The third-order valence-corrected chi connectivity index (χ3v) is 10.0. The molecule has 0 atom stereocenters. The van der Waals surface area contributed by atoms with Crippen LogP contribution < -0.4 is 11.5 Å². The summed E-state index contributed by atoms with van der Waals surface area (Å²) in [4.78, 5) is 0. The molecule has 0 aliphatic carbocycles. The molecule has 4 aromatic rings. The molecule has 4 aromatic carbocycles. The number of benzene rings is 4. The second-order valence-corrected chi connectivity index (χ2v) is 14.3. The quantitative estimate of drug-likeness (QED) is 0.0623. The number of nitrogens with two attached hydrogens (primary N) is 2. The third kappa shape index (κ3) is 13.5. The second-order valence-electron chi connectivity index (χ2n) is 14.3. The van der Waals surface area contributed by atoms with Crippen molar-refractivity contribution >= 4 is 11.4 Å². The van der Waals surface area contributed by atoms with Crippen molar-refractivity contribution in [3.63, 3.8) is 0 Å². The summed E-state index contributed by atoms with van der Waals surface area (Å²) >= 11 is 0. The van der Waals surface area contributed by atoms with E-state index < -0.39 is 0 Å². The molecule has 4 N–H and O–H groups in total. The maximum Gasteiger partial charge on any atom is 0.0316 e. The van der Waals surface area contributed by atoms with Gasteiger partial charge < -0.3 is 11.5 Å². The fraction of sp³-hybridized carbons (Fsp3) is 0.478. The summed E-state index contributed by atoms with van der Waals surface area (Å²) in [6.45, 7) is 4.47. The number of rotatable bonds is 23. The van der Waals surface area contributed by atoms with E-state index in [2.05, 4.69) is 86.6 Å². The van der Waals surface area contributed by atoms with Crippen molar-refractivity contribution in [2.24, 2.45) is 0 Å². The first-order valence-corrected chi connectivity index (χ1v) is 19.4. The molecule has 2 nitrogen and oxygen atoms in total. The minimum atomic E-state index is 0.876. The molecule has 48 heavy (non-hydrogen) atoms. The molecule has 0 aliphatic rings. The van der Waals surface area contributed by atoms with Crippen LogP contribution in [-0.4, -0.2) is 0 Å². The maximum absolute atomic E-state index is 6.03. The van der Waals surface area contributed by atoms with Gasteiger partial charge >= 0.3 is 0 Å². The fourth-order valence-corrected chi connectivity index (χ4v) is 7.15. The van der Waals surface area contributed by atoms with Crippen LogP contribution >= 0.6 is 0 Å². The Hall–Kier alpha value is -3.52. The molecule has 0 fully saturated rings. The topological polar surface area (TPSA) is 52.0 Å². The van der Waals surface area contributed by atoms with Crippen LogP contribution in [0.15, 0.2) is 84.9 Å². The highest BCUT2D eigenvalue weighted by Gasteiger charge is 2.06. The minimum Gasteiger partial charge on any atom is -0.399 e. The number of unbranched alkanes of at least 4 members (excludes halogenated alkanes) is 11. The van der Waals surface area contributed by atoms with Crippen LogP contribution in [0, 0.1) is 0 Å². The van der Waals surface area contributed by atoms with E-state index in [9.17, 15) is 0 Å². The maximum atomic E-state index is 6.03. The van der Waals surface area contributed by atoms with Gasteiger partial charge in [-0.25, -0.2) is 0 Å². The Kier molecular flexibility index (Phi) is 16.7. The lowest BCUT2D eigenvalue weighted by molar-refractivity contribution is 0.540. The van der Waals surface area contributed by atoms with Gasteiger partial charge in [-0.1, -0.05) is 152 Å². The summed E-state index contributed by atoms with van der Waals surface area (Å²) in [5, 5.41) is 0. The van der Waals surface area contributed by atoms with Gasteiger partial charge in [0.1, 0.15) is 0 Å². The molecular formula is C46H64N2. The molecule has 258 valence electrons. The summed E-state index contributed by atoms with van der Waals surface area (Å²) in [5.74, 6) is 0. The molecular weight excluding hydrogens is 581 g/mol. The first kappa shape index (κ1) is 37.3. The van der Waals surface area contributed by atoms with Gasteiger partial charge in [-0.15, -0.1) is 0 Å². The average Bonchev–Trinajstić information content (AvgIpc) is 3.09. The van der Waals surface area contributed by atoms with Gasteiger partial charge in [0.2, 0.25) is 0 Å². The van der Waals surface area contributed by atoms with Gasteiger partial charge in [-0.2, -0.15) is 0 Å². The Bertz CT molecular complexity index is 1340. The van der Waals surface area contributed by atoms with E-state index >= 15 is 0 Å². The summed E-state index contributed by atoms with van der Waals surface area (Å²) in [5.41, 5.74) is 25.2. The van der Waals surface area contributed by atoms with E-state index in [-0.39, 0.29) is 0 Å². The van der Waals surface area contributed by atoms with Crippen LogP contribution in [0.2, 0.25) is 0 Å². The number of aryl methyl sites for hydroxylation is 4. The zero-order valence-corrected chi connectivity index (χ0v) is 30.4. The van der Waals surface area contributed by atoms with Crippen LogP contribution in [-0.2, 0) is 38.5 Å². The van der Waals surface area contributed by atoms with Crippen molar-refractivity contribution in [2.45, 2.75) is 142 Å². The van der Waals surface area contributed by atoms with Crippen molar-refractivity contribution in [1.29, 1.82) is 0 Å². The Balaban J connectivity index is 0.967. The van der Waals surface area contributed by atoms with Crippen LogP contribution in [0.5, 0.6) is 0 Å². The monoisotopic (exact) mass is 645 g/mol. The molecule has 4 rings (SSSR count). The van der Waals surface area contributed by atoms with Crippen molar-refractivity contribution in [3.8, 4) is 0 Å². The number of nitrogen functional groups attached to an aromatic ring is 2. The third-order valence-electron chi connectivity index (χ3n) is 10.0. The van der Waals surface area contributed by atoms with Crippen molar-refractivity contribution in [1.82, 2.24) is 0 Å². The molecule has 0 saturated carbocycles. The van der Waals surface area contributed by atoms with Gasteiger partial charge in [-0.05, 0) is 120 Å². The molecule has 0 bridgehead atoms. The van der Waals surface area contributed by atoms with E-state index in [1.165, 1.54) is 134 Å². The van der Waals surface area contributed by atoms with Gasteiger partial charge in [0.25, 0.3) is 0 Å². The molecule has 0 aromatic heterocycles. The minimum absolute atomic E-state index is 0.876. The molecule has 0 unspecified atom stereocenters. The average molecular weight is 645 g/mol. The summed E-state index contributed by atoms with van der Waals surface area (Å²) < 4.78 is 0. The van der Waals surface area contributed by atoms with E-state index in [1.807, 2.05) is 12.1 Å². The van der Waals surface area contributed by atoms with Gasteiger partial charge in [-0.3, -0.25) is 0 Å². The Morgan fingerprint density at radius 2 is 0.646 bits per heavy atom. The van der Waals surface area contributed by atoms with Crippen molar-refractivity contribution in [2.75, 3.05) is 11.5 Å². The van der Waals surface area contributed by atoms with E-state index in [0.717, 1.165) is 49.9 Å². The normalized spacial score (nSPS) is 11.3. The zero-order chi connectivity index (χ0) is 33.8. The highest BCUT2D eigenvalue weighted by molar-refractivity contribution is 5.47. The fourth-order valence-electron chi connectivity index (χ4n) is 7.15. The predicted molar refractivity (Wildman–Crippen MR) is 211 cm³/mol. The van der Waals surface area contributed by atoms with Crippen LogP contribution in [0.1, 0.15) is 148 Å². The predicted octanol–water partition coefficient (Wildman–Crippen LogP) is 12.4. The Morgan fingerprint density at radius 1 is 0.333 bits per heavy atom. The van der Waals surface area contributed by atoms with Crippen LogP contribution in [0.4, 0.5) is 11.4 Å². The van der Waals surface area contributed by atoms with E-state index in [4.69, 9.17) is 11.5 Å². The van der Waals surface area contributed by atoms with Crippen molar-refractivity contribution < 1.29 is 0 Å². The lowest BCUT2D eigenvalue weighted by atomic mass is 9.95. The van der Waals surface area contributed by atoms with Crippen molar-refractivity contribution in [3.05, 3.63) is 129 Å². The lowest BCUT2D eigenvalue weighted by Gasteiger charge is -2.11. The van der Waals surface area contributed by atoms with Gasteiger partial charge in [0, 0.05) is 11.4 Å². The Morgan fingerprint density at radius 3 is 0.979 bits per heavy atom. The molecule has 0 amide bonds. The molecule has 0 spiro atoms. The molecule has 0 heterocycles. The molecule has 0 radical (unpaired) electrons. The smallest absolute Gasteiger partial charge is 0.0316 e. The van der Waals surface area contributed by atoms with Gasteiger partial charge in [0.15, 0.2) is 0 Å². The standard InChI is InChI=1S/C46H64N2/c1-3-17-41-35-45(47)31-29-43(41)33-39-25-21-37(22-26-39)19-15-13-11-9-7-5-6-8-10-12-14-16-20-38-23-27-40(28-24-38)34-44-30-32-46(48)36-42(44)18-4-2/h21-32,35-36H,3-20,33-34,47-48H2,1-2H3. The first-order valence-electron chi connectivity index (χ1n) is 19.4. The molecule has 0 saturated heterocycles. The molecule has 2 heteroatoms. The SMILES string of the molecule is CCCc1cc(N)ccc1Cc1ccc(CCCCCCCCCCCCCCc2ccc(Cc3ccc(N)cc3CCC)cc2)cc1. The highest BCUT2D eigenvalue weighted by atomic mass is 14.5.